The van der Waals surface area contributed by atoms with E-state index >= 15 is 0 Å². The van der Waals surface area contributed by atoms with Gasteiger partial charge in [0.1, 0.15) is 12.1 Å². The third-order valence-electron chi connectivity index (χ3n) is 4.69. The van der Waals surface area contributed by atoms with Gasteiger partial charge in [0.25, 0.3) is 0 Å². The van der Waals surface area contributed by atoms with Crippen LogP contribution < -0.4 is 11.1 Å². The lowest BCUT2D eigenvalue weighted by molar-refractivity contribution is -0.150. The number of carboxylic acids is 1. The molecule has 1 aliphatic heterocycles. The van der Waals surface area contributed by atoms with Crippen molar-refractivity contribution in [2.45, 2.75) is 51.2 Å². The Hall–Kier alpha value is -2.41. The first kappa shape index (κ1) is 19.9. The number of amides is 2. The molecule has 0 radical (unpaired) electrons. The number of hydrogen-bond donors (Lipinski definition) is 3. The van der Waals surface area contributed by atoms with Crippen molar-refractivity contribution in [3.05, 3.63) is 35.9 Å². The Morgan fingerprint density at radius 3 is 2.50 bits per heavy atom. The number of carbonyl (C=O) groups excluding carboxylic acids is 2. The molecule has 3 unspecified atom stereocenters. The number of hydrogen-bond acceptors (Lipinski definition) is 4. The number of likely N-dealkylation sites (tertiary alicyclic amines) is 1. The molecule has 0 spiro atoms. The molecular weight excluding hydrogens is 334 g/mol. The Bertz CT molecular complexity index is 647. The molecule has 0 aliphatic carbocycles. The van der Waals surface area contributed by atoms with E-state index in [9.17, 15) is 19.5 Å². The zero-order valence-corrected chi connectivity index (χ0v) is 15.2. The van der Waals surface area contributed by atoms with Gasteiger partial charge in [-0.05, 0) is 30.7 Å². The van der Waals surface area contributed by atoms with Gasteiger partial charge < -0.3 is 21.1 Å². The molecule has 26 heavy (non-hydrogen) atoms. The average molecular weight is 361 g/mol. The Kier molecular flexibility index (Phi) is 6.74. The molecule has 4 N–H and O–H groups in total. The largest absolute Gasteiger partial charge is 0.480 e. The quantitative estimate of drug-likeness (QED) is 0.664. The second-order valence-corrected chi connectivity index (χ2v) is 7.05. The number of carbonyl (C=O) groups is 3. The van der Waals surface area contributed by atoms with Crippen molar-refractivity contribution in [1.29, 1.82) is 0 Å². The average Bonchev–Trinajstić information content (AvgIpc) is 3.09. The molecule has 142 valence electrons. The number of nitrogens with one attached hydrogen (secondary N) is 1. The van der Waals surface area contributed by atoms with Crippen LogP contribution in [0.3, 0.4) is 0 Å². The van der Waals surface area contributed by atoms with Crippen molar-refractivity contribution < 1.29 is 19.5 Å². The molecule has 1 fully saturated rings. The van der Waals surface area contributed by atoms with Crippen molar-refractivity contribution in [3.8, 4) is 0 Å². The van der Waals surface area contributed by atoms with E-state index < -0.39 is 30.0 Å². The van der Waals surface area contributed by atoms with Gasteiger partial charge in [-0.25, -0.2) is 4.79 Å². The lowest BCUT2D eigenvalue weighted by Crippen LogP contribution is -2.56. The molecule has 1 aliphatic rings. The van der Waals surface area contributed by atoms with Crippen LogP contribution in [0.5, 0.6) is 0 Å². The molecule has 3 atom stereocenters. The monoisotopic (exact) mass is 361 g/mol. The highest BCUT2D eigenvalue weighted by atomic mass is 16.4. The summed E-state index contributed by atoms with van der Waals surface area (Å²) in [5.41, 5.74) is 6.93. The summed E-state index contributed by atoms with van der Waals surface area (Å²) in [5.74, 6) is -1.95. The number of carboxylic acid groups (broad SMARTS) is 1. The van der Waals surface area contributed by atoms with E-state index in [0.717, 1.165) is 5.56 Å². The van der Waals surface area contributed by atoms with E-state index in [1.165, 1.54) is 4.90 Å². The van der Waals surface area contributed by atoms with E-state index in [4.69, 9.17) is 5.73 Å². The van der Waals surface area contributed by atoms with Gasteiger partial charge >= 0.3 is 5.97 Å². The van der Waals surface area contributed by atoms with E-state index in [1.807, 2.05) is 44.2 Å². The van der Waals surface area contributed by atoms with Crippen molar-refractivity contribution >= 4 is 17.8 Å². The summed E-state index contributed by atoms with van der Waals surface area (Å²) in [5, 5.41) is 12.0. The SMILES string of the molecule is CC(C)C(NC(=O)C(N)Cc1ccccc1)C(=O)N1CCCC1C(=O)O. The predicted octanol–water partition coefficient (Wildman–Crippen LogP) is 0.773. The van der Waals surface area contributed by atoms with Crippen LogP contribution in [0, 0.1) is 5.92 Å². The molecule has 0 aromatic heterocycles. The summed E-state index contributed by atoms with van der Waals surface area (Å²) < 4.78 is 0. The third-order valence-corrected chi connectivity index (χ3v) is 4.69. The molecule has 2 rings (SSSR count). The lowest BCUT2D eigenvalue weighted by atomic mass is 10.0. The van der Waals surface area contributed by atoms with Gasteiger partial charge in [-0.2, -0.15) is 0 Å². The van der Waals surface area contributed by atoms with Crippen LogP contribution >= 0.6 is 0 Å². The van der Waals surface area contributed by atoms with Crippen LogP contribution in [-0.2, 0) is 20.8 Å². The number of nitrogens with zero attached hydrogens (tertiary/aromatic N) is 1. The van der Waals surface area contributed by atoms with Crippen LogP contribution in [0.25, 0.3) is 0 Å². The number of benzene rings is 1. The highest BCUT2D eigenvalue weighted by Gasteiger charge is 2.38. The summed E-state index contributed by atoms with van der Waals surface area (Å²) in [6.07, 6.45) is 1.45. The van der Waals surface area contributed by atoms with Crippen molar-refractivity contribution in [3.63, 3.8) is 0 Å². The Morgan fingerprint density at radius 2 is 1.92 bits per heavy atom. The second-order valence-electron chi connectivity index (χ2n) is 7.05. The standard InChI is InChI=1S/C19H27N3O4/c1-12(2)16(18(24)22-10-6-9-15(22)19(25)26)21-17(23)14(20)11-13-7-4-3-5-8-13/h3-5,7-8,12,14-16H,6,9-11,20H2,1-2H3,(H,21,23)(H,25,26). The fourth-order valence-corrected chi connectivity index (χ4v) is 3.20. The number of aliphatic carboxylic acids is 1. The van der Waals surface area contributed by atoms with E-state index in [2.05, 4.69) is 5.32 Å². The highest BCUT2D eigenvalue weighted by molar-refractivity contribution is 5.92. The fraction of sp³-hybridized carbons (Fsp3) is 0.526. The van der Waals surface area contributed by atoms with Gasteiger partial charge in [0, 0.05) is 6.54 Å². The van der Waals surface area contributed by atoms with Gasteiger partial charge in [0.15, 0.2) is 0 Å². The second kappa shape index (κ2) is 8.80. The molecule has 0 bridgehead atoms. The molecule has 1 aromatic rings. The third kappa shape index (κ3) is 4.82. The minimum atomic E-state index is -1.01. The maximum Gasteiger partial charge on any atom is 0.326 e. The van der Waals surface area contributed by atoms with E-state index in [1.54, 1.807) is 0 Å². The number of rotatable bonds is 7. The smallest absolute Gasteiger partial charge is 0.326 e. The van der Waals surface area contributed by atoms with E-state index in [-0.39, 0.29) is 11.8 Å². The summed E-state index contributed by atoms with van der Waals surface area (Å²) in [6.45, 7) is 4.03. The Labute approximate surface area is 153 Å². The zero-order chi connectivity index (χ0) is 19.3. The Morgan fingerprint density at radius 1 is 1.27 bits per heavy atom. The summed E-state index contributed by atoms with van der Waals surface area (Å²) in [6, 6.07) is 7.03. The minimum absolute atomic E-state index is 0.176. The zero-order valence-electron chi connectivity index (χ0n) is 15.2. The van der Waals surface area contributed by atoms with Crippen LogP contribution in [-0.4, -0.2) is 52.5 Å². The van der Waals surface area contributed by atoms with Crippen LogP contribution in [0.2, 0.25) is 0 Å². The number of nitrogens with two attached hydrogens (primary N) is 1. The van der Waals surface area contributed by atoms with Crippen molar-refractivity contribution in [1.82, 2.24) is 10.2 Å². The molecule has 7 nitrogen and oxygen atoms in total. The van der Waals surface area contributed by atoms with Gasteiger partial charge in [-0.3, -0.25) is 9.59 Å². The molecule has 1 heterocycles. The van der Waals surface area contributed by atoms with Gasteiger partial charge in [0.2, 0.25) is 11.8 Å². The molecule has 2 amide bonds. The molecule has 7 heteroatoms. The first-order valence-electron chi connectivity index (χ1n) is 8.94. The molecule has 1 saturated heterocycles. The Balaban J connectivity index is 2.03. The summed E-state index contributed by atoms with van der Waals surface area (Å²) in [4.78, 5) is 38.0. The predicted molar refractivity (Wildman–Crippen MR) is 97.3 cm³/mol. The van der Waals surface area contributed by atoms with Crippen molar-refractivity contribution in [2.75, 3.05) is 6.54 Å². The van der Waals surface area contributed by atoms with Gasteiger partial charge in [0.05, 0.1) is 6.04 Å². The lowest BCUT2D eigenvalue weighted by Gasteiger charge is -2.30. The fourth-order valence-electron chi connectivity index (χ4n) is 3.20. The maximum atomic E-state index is 12.8. The molecule has 0 saturated carbocycles. The van der Waals surface area contributed by atoms with Gasteiger partial charge in [-0.1, -0.05) is 44.2 Å². The topological polar surface area (TPSA) is 113 Å². The van der Waals surface area contributed by atoms with Crippen LogP contribution in [0.15, 0.2) is 30.3 Å². The minimum Gasteiger partial charge on any atom is -0.480 e. The normalized spacial score (nSPS) is 19.2. The molecular formula is C19H27N3O4. The van der Waals surface area contributed by atoms with Crippen LogP contribution in [0.4, 0.5) is 0 Å². The molecule has 1 aromatic carbocycles. The summed E-state index contributed by atoms with van der Waals surface area (Å²) >= 11 is 0. The van der Waals surface area contributed by atoms with E-state index in [0.29, 0.717) is 25.8 Å². The van der Waals surface area contributed by atoms with Gasteiger partial charge in [-0.15, -0.1) is 0 Å². The van der Waals surface area contributed by atoms with Crippen LogP contribution in [0.1, 0.15) is 32.3 Å². The first-order chi connectivity index (χ1) is 12.3. The first-order valence-corrected chi connectivity index (χ1v) is 8.94. The summed E-state index contributed by atoms with van der Waals surface area (Å²) in [7, 11) is 0. The highest BCUT2D eigenvalue weighted by Crippen LogP contribution is 2.20. The van der Waals surface area contributed by atoms with Crippen molar-refractivity contribution in [2.24, 2.45) is 11.7 Å². The maximum absolute atomic E-state index is 12.8.